The van der Waals surface area contributed by atoms with Gasteiger partial charge in [-0.2, -0.15) is 5.10 Å². The van der Waals surface area contributed by atoms with Crippen LogP contribution in [-0.2, 0) is 11.8 Å². The van der Waals surface area contributed by atoms with Gasteiger partial charge in [-0.1, -0.05) is 18.2 Å². The molecule has 1 aliphatic rings. The number of hydrogen-bond acceptors (Lipinski definition) is 4. The van der Waals surface area contributed by atoms with Crippen LogP contribution in [0.15, 0.2) is 41.7 Å². The second-order valence-electron chi connectivity index (χ2n) is 7.23. The number of nitrogens with one attached hydrogen (secondary N) is 1. The number of carbonyl (C=O) groups excluding carboxylic acids is 1. The number of aryl methyl sites for hydroxylation is 2. The highest BCUT2D eigenvalue weighted by Gasteiger charge is 2.27. The topological polar surface area (TPSA) is 75.0 Å². The number of aliphatic imine (C=N–C) groups is 1. The van der Waals surface area contributed by atoms with Crippen LogP contribution in [0.1, 0.15) is 19.4 Å². The van der Waals surface area contributed by atoms with E-state index in [0.29, 0.717) is 19.6 Å². The highest BCUT2D eigenvalue weighted by Crippen LogP contribution is 2.18. The van der Waals surface area contributed by atoms with E-state index in [4.69, 9.17) is 9.73 Å². The van der Waals surface area contributed by atoms with Crippen molar-refractivity contribution >= 4 is 17.6 Å². The average molecular weight is 399 g/mol. The molecule has 0 radical (unpaired) electrons. The van der Waals surface area contributed by atoms with Gasteiger partial charge in [-0.3, -0.25) is 9.48 Å². The monoisotopic (exact) mass is 398 g/mol. The van der Waals surface area contributed by atoms with Crippen molar-refractivity contribution in [1.82, 2.24) is 20.0 Å². The predicted octanol–water partition coefficient (Wildman–Crippen LogP) is 1.81. The Labute approximate surface area is 172 Å². The fourth-order valence-electron chi connectivity index (χ4n) is 3.26. The smallest absolute Gasteiger partial charge is 0.246 e. The Hall–Kier alpha value is -3.03. The van der Waals surface area contributed by atoms with Crippen LogP contribution < -0.4 is 15.0 Å². The van der Waals surface area contributed by atoms with Crippen LogP contribution in [0, 0.1) is 6.92 Å². The Morgan fingerprint density at radius 1 is 1.34 bits per heavy atom. The molecule has 1 aromatic heterocycles. The molecule has 2 aromatic rings. The number of hydrogen-bond donors (Lipinski definition) is 1. The minimum Gasteiger partial charge on any atom is -0.489 e. The summed E-state index contributed by atoms with van der Waals surface area (Å²) in [4.78, 5) is 21.2. The Balaban J connectivity index is 1.62. The maximum Gasteiger partial charge on any atom is 0.246 e. The molecule has 1 unspecified atom stereocenters. The standard InChI is InChI=1S/C21H30N6O2/c1-5-22-21(23-12-17(3)29-19-9-7-6-8-16(19)2)26-10-11-27(20(28)15-26)18-13-24-25(4)14-18/h6-9,13-14,17H,5,10-12,15H2,1-4H3,(H,22,23). The normalized spacial score (nSPS) is 16.1. The van der Waals surface area contributed by atoms with Gasteiger partial charge in [-0.05, 0) is 32.4 Å². The van der Waals surface area contributed by atoms with E-state index in [1.807, 2.05) is 63.2 Å². The predicted molar refractivity (Wildman–Crippen MR) is 114 cm³/mol. The molecular weight excluding hydrogens is 368 g/mol. The number of benzene rings is 1. The number of anilines is 1. The van der Waals surface area contributed by atoms with Gasteiger partial charge in [0.2, 0.25) is 5.91 Å². The van der Waals surface area contributed by atoms with Crippen molar-refractivity contribution < 1.29 is 9.53 Å². The van der Waals surface area contributed by atoms with Crippen LogP contribution in [0.4, 0.5) is 5.69 Å². The second-order valence-corrected chi connectivity index (χ2v) is 7.23. The van der Waals surface area contributed by atoms with E-state index in [-0.39, 0.29) is 18.6 Å². The zero-order valence-electron chi connectivity index (χ0n) is 17.6. The van der Waals surface area contributed by atoms with Crippen molar-refractivity contribution in [2.75, 3.05) is 37.6 Å². The Bertz CT molecular complexity index is 862. The highest BCUT2D eigenvalue weighted by atomic mass is 16.5. The molecule has 1 N–H and O–H groups in total. The lowest BCUT2D eigenvalue weighted by atomic mass is 10.2. The maximum absolute atomic E-state index is 12.7. The van der Waals surface area contributed by atoms with Crippen molar-refractivity contribution in [2.24, 2.45) is 12.0 Å². The molecule has 1 aromatic carbocycles. The molecule has 1 aliphatic heterocycles. The summed E-state index contributed by atoms with van der Waals surface area (Å²) in [6.07, 6.45) is 3.51. The molecule has 0 aliphatic carbocycles. The second kappa shape index (κ2) is 9.45. The molecule has 156 valence electrons. The maximum atomic E-state index is 12.7. The summed E-state index contributed by atoms with van der Waals surface area (Å²) in [6, 6.07) is 7.96. The number of aromatic nitrogens is 2. The van der Waals surface area contributed by atoms with E-state index >= 15 is 0 Å². The van der Waals surface area contributed by atoms with Crippen molar-refractivity contribution in [3.8, 4) is 5.75 Å². The van der Waals surface area contributed by atoms with Crippen molar-refractivity contribution in [3.05, 3.63) is 42.2 Å². The number of para-hydroxylation sites is 1. The summed E-state index contributed by atoms with van der Waals surface area (Å²) < 4.78 is 7.73. The molecule has 1 saturated heterocycles. The molecule has 1 atom stereocenters. The molecule has 0 bridgehead atoms. The molecular formula is C21H30N6O2. The van der Waals surface area contributed by atoms with Crippen molar-refractivity contribution in [1.29, 1.82) is 0 Å². The van der Waals surface area contributed by atoms with Crippen LogP contribution in [0.2, 0.25) is 0 Å². The van der Waals surface area contributed by atoms with Gasteiger partial charge in [0.1, 0.15) is 18.4 Å². The van der Waals surface area contributed by atoms with Gasteiger partial charge in [0.15, 0.2) is 5.96 Å². The molecule has 3 rings (SSSR count). The van der Waals surface area contributed by atoms with Gasteiger partial charge in [0.25, 0.3) is 0 Å². The van der Waals surface area contributed by atoms with Gasteiger partial charge >= 0.3 is 0 Å². The van der Waals surface area contributed by atoms with Crippen LogP contribution in [0.5, 0.6) is 5.75 Å². The summed E-state index contributed by atoms with van der Waals surface area (Å²) >= 11 is 0. The average Bonchev–Trinajstić information content (AvgIpc) is 3.13. The minimum absolute atomic E-state index is 0.0408. The lowest BCUT2D eigenvalue weighted by Gasteiger charge is -2.35. The molecule has 1 amide bonds. The van der Waals surface area contributed by atoms with Crippen LogP contribution >= 0.6 is 0 Å². The van der Waals surface area contributed by atoms with E-state index in [9.17, 15) is 4.79 Å². The number of guanidine groups is 1. The third-order valence-electron chi connectivity index (χ3n) is 4.78. The largest absolute Gasteiger partial charge is 0.489 e. The lowest BCUT2D eigenvalue weighted by molar-refractivity contribution is -0.120. The molecule has 0 spiro atoms. The molecule has 0 saturated carbocycles. The number of amides is 1. The SMILES string of the molecule is CCNC(=NCC(C)Oc1ccccc1C)N1CCN(c2cnn(C)c2)C(=O)C1. The van der Waals surface area contributed by atoms with Gasteiger partial charge in [-0.25, -0.2) is 4.99 Å². The lowest BCUT2D eigenvalue weighted by Crippen LogP contribution is -2.55. The number of piperazine rings is 1. The number of carbonyl (C=O) groups is 1. The van der Waals surface area contributed by atoms with Crippen LogP contribution in [0.25, 0.3) is 0 Å². The first-order chi connectivity index (χ1) is 14.0. The summed E-state index contributed by atoms with van der Waals surface area (Å²) in [5.41, 5.74) is 1.94. The number of nitrogens with zero attached hydrogens (tertiary/aromatic N) is 5. The van der Waals surface area contributed by atoms with Gasteiger partial charge in [-0.15, -0.1) is 0 Å². The first kappa shape index (κ1) is 20.7. The van der Waals surface area contributed by atoms with E-state index in [0.717, 1.165) is 29.5 Å². The summed E-state index contributed by atoms with van der Waals surface area (Å²) in [5.74, 6) is 1.66. The van der Waals surface area contributed by atoms with E-state index in [2.05, 4.69) is 10.4 Å². The molecule has 1 fully saturated rings. The zero-order chi connectivity index (χ0) is 20.8. The Morgan fingerprint density at radius 3 is 2.79 bits per heavy atom. The third-order valence-corrected chi connectivity index (χ3v) is 4.78. The number of ether oxygens (including phenoxy) is 1. The molecule has 2 heterocycles. The highest BCUT2D eigenvalue weighted by molar-refractivity contribution is 5.98. The summed E-state index contributed by atoms with van der Waals surface area (Å²) in [6.45, 7) is 8.90. The van der Waals surface area contributed by atoms with Crippen LogP contribution in [0.3, 0.4) is 0 Å². The van der Waals surface area contributed by atoms with Crippen LogP contribution in [-0.4, -0.2) is 65.4 Å². The Morgan fingerprint density at radius 2 is 2.14 bits per heavy atom. The molecule has 8 nitrogen and oxygen atoms in total. The van der Waals surface area contributed by atoms with E-state index in [1.54, 1.807) is 15.8 Å². The molecule has 29 heavy (non-hydrogen) atoms. The Kier molecular flexibility index (Phi) is 6.74. The molecule has 8 heteroatoms. The minimum atomic E-state index is -0.0721. The number of rotatable bonds is 6. The fraction of sp³-hybridized carbons (Fsp3) is 0.476. The third kappa shape index (κ3) is 5.28. The van der Waals surface area contributed by atoms with Gasteiger partial charge < -0.3 is 19.9 Å². The van der Waals surface area contributed by atoms with Crippen molar-refractivity contribution in [3.63, 3.8) is 0 Å². The summed E-state index contributed by atoms with van der Waals surface area (Å²) in [7, 11) is 1.85. The first-order valence-corrected chi connectivity index (χ1v) is 10.0. The van der Waals surface area contributed by atoms with Gasteiger partial charge in [0, 0.05) is 32.9 Å². The van der Waals surface area contributed by atoms with E-state index in [1.165, 1.54) is 0 Å². The summed E-state index contributed by atoms with van der Waals surface area (Å²) in [5, 5.41) is 7.45. The fourth-order valence-corrected chi connectivity index (χ4v) is 3.26. The van der Waals surface area contributed by atoms with Gasteiger partial charge in [0.05, 0.1) is 18.4 Å². The van der Waals surface area contributed by atoms with Crippen molar-refractivity contribution in [2.45, 2.75) is 26.9 Å². The first-order valence-electron chi connectivity index (χ1n) is 10.0. The zero-order valence-corrected chi connectivity index (χ0v) is 17.6. The quantitative estimate of drug-likeness (QED) is 0.593. The van der Waals surface area contributed by atoms with E-state index < -0.39 is 0 Å².